The van der Waals surface area contributed by atoms with Crippen molar-refractivity contribution in [1.29, 1.82) is 0 Å². The van der Waals surface area contributed by atoms with Crippen LogP contribution < -0.4 is 19.9 Å². The Morgan fingerprint density at radius 3 is 2.17 bits per heavy atom. The molecular weight excluding hydrogens is 332 g/mol. The summed E-state index contributed by atoms with van der Waals surface area (Å²) in [6.45, 7) is 1.81. The van der Waals surface area contributed by atoms with E-state index in [1.165, 1.54) is 32.4 Å². The van der Waals surface area contributed by atoms with Crippen LogP contribution in [0.1, 0.15) is 15.9 Å². The first-order chi connectivity index (χ1) is 11.3. The highest BCUT2D eigenvalue weighted by Crippen LogP contribution is 2.29. The minimum absolute atomic E-state index is 0.0839. The van der Waals surface area contributed by atoms with E-state index in [1.807, 2.05) is 6.92 Å². The highest BCUT2D eigenvalue weighted by Gasteiger charge is 2.15. The highest BCUT2D eigenvalue weighted by molar-refractivity contribution is 7.89. The van der Waals surface area contributed by atoms with Crippen molar-refractivity contribution in [3.8, 4) is 11.5 Å². The Balaban J connectivity index is 2.34. The Labute approximate surface area is 140 Å². The zero-order chi connectivity index (χ0) is 17.9. The molecule has 2 rings (SSSR count). The molecule has 0 aliphatic carbocycles. The molecule has 8 heteroatoms. The maximum absolute atomic E-state index is 12.4. The molecule has 7 nitrogen and oxygen atoms in total. The normalized spacial score (nSPS) is 11.0. The van der Waals surface area contributed by atoms with Crippen molar-refractivity contribution >= 4 is 21.6 Å². The van der Waals surface area contributed by atoms with Crippen LogP contribution in [0, 0.1) is 6.92 Å². The van der Waals surface area contributed by atoms with Gasteiger partial charge < -0.3 is 14.8 Å². The fourth-order valence-electron chi connectivity index (χ4n) is 2.17. The lowest BCUT2D eigenvalue weighted by atomic mass is 10.1. The van der Waals surface area contributed by atoms with Gasteiger partial charge in [-0.3, -0.25) is 4.79 Å². The summed E-state index contributed by atoms with van der Waals surface area (Å²) in [5, 5.41) is 7.71. The minimum Gasteiger partial charge on any atom is -0.496 e. The number of anilines is 1. The standard InChI is InChI=1S/C16H18N2O5S/c1-10-14(22-2)7-11(8-15(10)23-3)16(19)18-12-5-4-6-13(9-12)24(17,20)21/h4-9H,1-3H3,(H,18,19)(H2,17,20,21). The quantitative estimate of drug-likeness (QED) is 0.856. The number of amides is 1. The number of methoxy groups -OCH3 is 2. The van der Waals surface area contributed by atoms with E-state index in [0.717, 1.165) is 5.56 Å². The van der Waals surface area contributed by atoms with E-state index in [9.17, 15) is 13.2 Å². The number of sulfonamides is 1. The van der Waals surface area contributed by atoms with Crippen molar-refractivity contribution in [2.24, 2.45) is 5.14 Å². The van der Waals surface area contributed by atoms with Crippen LogP contribution in [0.2, 0.25) is 0 Å². The fraction of sp³-hybridized carbons (Fsp3) is 0.188. The number of hydrogen-bond acceptors (Lipinski definition) is 5. The van der Waals surface area contributed by atoms with Gasteiger partial charge in [-0.05, 0) is 37.3 Å². The molecule has 128 valence electrons. The van der Waals surface area contributed by atoms with Crippen molar-refractivity contribution in [3.63, 3.8) is 0 Å². The van der Waals surface area contributed by atoms with Gasteiger partial charge in [-0.25, -0.2) is 13.6 Å². The SMILES string of the molecule is COc1cc(C(=O)Nc2cccc(S(N)(=O)=O)c2)cc(OC)c1C. The molecule has 0 unspecified atom stereocenters. The van der Waals surface area contributed by atoms with Crippen LogP contribution in [-0.2, 0) is 10.0 Å². The van der Waals surface area contributed by atoms with E-state index in [4.69, 9.17) is 14.6 Å². The van der Waals surface area contributed by atoms with E-state index in [1.54, 1.807) is 18.2 Å². The number of carbonyl (C=O) groups excluding carboxylic acids is 1. The molecule has 24 heavy (non-hydrogen) atoms. The van der Waals surface area contributed by atoms with E-state index in [2.05, 4.69) is 5.32 Å². The van der Waals surface area contributed by atoms with Gasteiger partial charge in [0.05, 0.1) is 19.1 Å². The van der Waals surface area contributed by atoms with Gasteiger partial charge >= 0.3 is 0 Å². The molecule has 2 aromatic carbocycles. The molecule has 0 fully saturated rings. The Bertz CT molecular complexity index is 853. The van der Waals surface area contributed by atoms with Crippen LogP contribution in [0.5, 0.6) is 11.5 Å². The number of hydrogen-bond donors (Lipinski definition) is 2. The maximum Gasteiger partial charge on any atom is 0.255 e. The summed E-state index contributed by atoms with van der Waals surface area (Å²) in [5.74, 6) is 0.591. The molecule has 0 saturated heterocycles. The van der Waals surface area contributed by atoms with E-state index in [-0.39, 0.29) is 4.90 Å². The summed E-state index contributed by atoms with van der Waals surface area (Å²) >= 11 is 0. The van der Waals surface area contributed by atoms with Crippen molar-refractivity contribution in [1.82, 2.24) is 0 Å². The number of rotatable bonds is 5. The molecule has 1 amide bonds. The van der Waals surface area contributed by atoms with Crippen LogP contribution in [0.25, 0.3) is 0 Å². The molecular formula is C16H18N2O5S. The highest BCUT2D eigenvalue weighted by atomic mass is 32.2. The van der Waals surface area contributed by atoms with Crippen LogP contribution in [0.3, 0.4) is 0 Å². The van der Waals surface area contributed by atoms with E-state index in [0.29, 0.717) is 22.7 Å². The minimum atomic E-state index is -3.84. The first kappa shape index (κ1) is 17.8. The summed E-state index contributed by atoms with van der Waals surface area (Å²) in [7, 11) is -0.846. The Morgan fingerprint density at radius 1 is 1.08 bits per heavy atom. The van der Waals surface area contributed by atoms with Crippen molar-refractivity contribution in [3.05, 3.63) is 47.5 Å². The van der Waals surface area contributed by atoms with Crippen LogP contribution in [0.15, 0.2) is 41.3 Å². The topological polar surface area (TPSA) is 108 Å². The lowest BCUT2D eigenvalue weighted by molar-refractivity contribution is 0.102. The van der Waals surface area contributed by atoms with E-state index >= 15 is 0 Å². The molecule has 3 N–H and O–H groups in total. The van der Waals surface area contributed by atoms with Gasteiger partial charge in [0.15, 0.2) is 0 Å². The van der Waals surface area contributed by atoms with Gasteiger partial charge in [-0.1, -0.05) is 6.07 Å². The average molecular weight is 350 g/mol. The second kappa shape index (κ2) is 6.90. The number of primary sulfonamides is 1. The first-order valence-electron chi connectivity index (χ1n) is 6.93. The van der Waals surface area contributed by atoms with E-state index < -0.39 is 15.9 Å². The van der Waals surface area contributed by atoms with Gasteiger partial charge in [-0.2, -0.15) is 0 Å². The fourth-order valence-corrected chi connectivity index (χ4v) is 2.73. The molecule has 0 aromatic heterocycles. The molecule has 2 aromatic rings. The molecule has 0 heterocycles. The third kappa shape index (κ3) is 3.84. The van der Waals surface area contributed by atoms with Crippen LogP contribution in [0.4, 0.5) is 5.69 Å². The lowest BCUT2D eigenvalue weighted by Crippen LogP contribution is -2.15. The monoisotopic (exact) mass is 350 g/mol. The van der Waals surface area contributed by atoms with Crippen LogP contribution in [-0.4, -0.2) is 28.5 Å². The number of nitrogens with one attached hydrogen (secondary N) is 1. The maximum atomic E-state index is 12.4. The molecule has 0 spiro atoms. The third-order valence-corrected chi connectivity index (χ3v) is 4.35. The molecule has 0 radical (unpaired) electrons. The van der Waals surface area contributed by atoms with Gasteiger partial charge in [-0.15, -0.1) is 0 Å². The number of nitrogens with two attached hydrogens (primary N) is 1. The van der Waals surface area contributed by atoms with Crippen molar-refractivity contribution in [2.45, 2.75) is 11.8 Å². The molecule has 0 aliphatic heterocycles. The zero-order valence-electron chi connectivity index (χ0n) is 13.5. The van der Waals surface area contributed by atoms with Gasteiger partial charge in [0.25, 0.3) is 5.91 Å². The number of ether oxygens (including phenoxy) is 2. The lowest BCUT2D eigenvalue weighted by Gasteiger charge is -2.13. The van der Waals surface area contributed by atoms with Crippen molar-refractivity contribution < 1.29 is 22.7 Å². The van der Waals surface area contributed by atoms with Gasteiger partial charge in [0, 0.05) is 16.8 Å². The van der Waals surface area contributed by atoms with Crippen LogP contribution >= 0.6 is 0 Å². The second-order valence-corrected chi connectivity index (χ2v) is 6.59. The summed E-state index contributed by atoms with van der Waals surface area (Å²) in [5.41, 5.74) is 1.40. The second-order valence-electron chi connectivity index (χ2n) is 5.03. The summed E-state index contributed by atoms with van der Waals surface area (Å²) in [6, 6.07) is 8.85. The smallest absolute Gasteiger partial charge is 0.255 e. The summed E-state index contributed by atoms with van der Waals surface area (Å²) in [6.07, 6.45) is 0. The zero-order valence-corrected chi connectivity index (χ0v) is 14.3. The van der Waals surface area contributed by atoms with Gasteiger partial charge in [0.1, 0.15) is 11.5 Å². The molecule has 0 bridgehead atoms. The summed E-state index contributed by atoms with van der Waals surface area (Å²) < 4.78 is 33.2. The number of benzene rings is 2. The first-order valence-corrected chi connectivity index (χ1v) is 8.47. The Kier molecular flexibility index (Phi) is 5.10. The predicted octanol–water partition coefficient (Wildman–Crippen LogP) is 1.91. The average Bonchev–Trinajstić information content (AvgIpc) is 2.54. The third-order valence-electron chi connectivity index (χ3n) is 3.43. The Hall–Kier alpha value is -2.58. The Morgan fingerprint density at radius 2 is 1.67 bits per heavy atom. The number of carbonyl (C=O) groups is 1. The largest absolute Gasteiger partial charge is 0.496 e. The molecule has 0 atom stereocenters. The molecule has 0 saturated carbocycles. The van der Waals surface area contributed by atoms with Gasteiger partial charge in [0.2, 0.25) is 10.0 Å². The predicted molar refractivity (Wildman–Crippen MR) is 90.1 cm³/mol. The molecule has 0 aliphatic rings. The summed E-state index contributed by atoms with van der Waals surface area (Å²) in [4.78, 5) is 12.3. The van der Waals surface area contributed by atoms with Crippen molar-refractivity contribution in [2.75, 3.05) is 19.5 Å².